The van der Waals surface area contributed by atoms with Crippen LogP contribution in [-0.4, -0.2) is 17.0 Å². The number of aryl methyl sites for hydroxylation is 2. The Balaban J connectivity index is 2.68. The van der Waals surface area contributed by atoms with Crippen molar-refractivity contribution >= 4 is 5.82 Å². The average molecular weight is 291 g/mol. The van der Waals surface area contributed by atoms with Gasteiger partial charge in [0.1, 0.15) is 11.6 Å². The molecule has 0 radical (unpaired) electrons. The molecule has 5 heteroatoms. The van der Waals surface area contributed by atoms with Gasteiger partial charge >= 0.3 is 0 Å². The lowest BCUT2D eigenvalue weighted by Gasteiger charge is -2.13. The van der Waals surface area contributed by atoms with Crippen LogP contribution in [-0.2, 0) is 6.42 Å². The van der Waals surface area contributed by atoms with Crippen molar-refractivity contribution in [1.82, 2.24) is 9.97 Å². The highest BCUT2D eigenvalue weighted by molar-refractivity contribution is 5.69. The van der Waals surface area contributed by atoms with Crippen LogP contribution in [0.15, 0.2) is 12.1 Å². The molecular formula is C16H19F2N3. The Hall–Kier alpha value is -2.04. The maximum absolute atomic E-state index is 14.2. The summed E-state index contributed by atoms with van der Waals surface area (Å²) in [6, 6.07) is 3.13. The van der Waals surface area contributed by atoms with Gasteiger partial charge in [-0.3, -0.25) is 0 Å². The highest BCUT2D eigenvalue weighted by Gasteiger charge is 2.18. The van der Waals surface area contributed by atoms with E-state index in [0.717, 1.165) is 6.42 Å². The zero-order valence-corrected chi connectivity index (χ0v) is 12.7. The Kier molecular flexibility index (Phi) is 4.50. The third kappa shape index (κ3) is 2.86. The van der Waals surface area contributed by atoms with Crippen molar-refractivity contribution in [2.75, 3.05) is 12.4 Å². The van der Waals surface area contributed by atoms with Crippen LogP contribution in [0.2, 0.25) is 0 Å². The highest BCUT2D eigenvalue weighted by Crippen LogP contribution is 2.30. The number of aromatic nitrogens is 2. The monoisotopic (exact) mass is 291 g/mol. The van der Waals surface area contributed by atoms with Crippen molar-refractivity contribution in [2.45, 2.75) is 33.6 Å². The molecule has 0 spiro atoms. The van der Waals surface area contributed by atoms with E-state index < -0.39 is 11.6 Å². The molecule has 0 saturated carbocycles. The van der Waals surface area contributed by atoms with Crippen LogP contribution in [0.1, 0.15) is 30.3 Å². The molecule has 0 atom stereocenters. The van der Waals surface area contributed by atoms with E-state index >= 15 is 0 Å². The lowest BCUT2D eigenvalue weighted by molar-refractivity contribution is 0.505. The average Bonchev–Trinajstić information content (AvgIpc) is 2.47. The van der Waals surface area contributed by atoms with E-state index in [1.807, 2.05) is 6.92 Å². The molecular weight excluding hydrogens is 272 g/mol. The fourth-order valence-electron chi connectivity index (χ4n) is 2.23. The van der Waals surface area contributed by atoms with Crippen LogP contribution >= 0.6 is 0 Å². The minimum Gasteiger partial charge on any atom is -0.373 e. The van der Waals surface area contributed by atoms with E-state index in [9.17, 15) is 8.78 Å². The molecule has 1 heterocycles. The number of hydrogen-bond acceptors (Lipinski definition) is 3. The third-order valence-electron chi connectivity index (χ3n) is 3.43. The molecule has 3 nitrogen and oxygen atoms in total. The van der Waals surface area contributed by atoms with Gasteiger partial charge in [0.15, 0.2) is 11.6 Å². The molecule has 0 bridgehead atoms. The summed E-state index contributed by atoms with van der Waals surface area (Å²) < 4.78 is 28.0. The summed E-state index contributed by atoms with van der Waals surface area (Å²) in [6.07, 6.45) is 1.58. The third-order valence-corrected chi connectivity index (χ3v) is 3.43. The van der Waals surface area contributed by atoms with E-state index in [0.29, 0.717) is 29.3 Å². The Morgan fingerprint density at radius 1 is 1.10 bits per heavy atom. The molecule has 0 amide bonds. The first-order valence-corrected chi connectivity index (χ1v) is 6.99. The number of benzene rings is 1. The maximum atomic E-state index is 14.2. The summed E-state index contributed by atoms with van der Waals surface area (Å²) in [5, 5.41) is 2.98. The minimum absolute atomic E-state index is 0.173. The van der Waals surface area contributed by atoms with Crippen LogP contribution < -0.4 is 5.32 Å². The lowest BCUT2D eigenvalue weighted by atomic mass is 10.0. The molecule has 0 unspecified atom stereocenters. The number of halogens is 2. The summed E-state index contributed by atoms with van der Waals surface area (Å²) in [6.45, 7) is 5.36. The van der Waals surface area contributed by atoms with Crippen molar-refractivity contribution < 1.29 is 8.78 Å². The van der Waals surface area contributed by atoms with Gasteiger partial charge in [-0.25, -0.2) is 18.7 Å². The number of hydrogen-bond donors (Lipinski definition) is 1. The Morgan fingerprint density at radius 2 is 1.81 bits per heavy atom. The SMILES string of the molecule is CCCc1nc(NC)c(C)c(-c2ccc(C)c(F)c2F)n1. The van der Waals surface area contributed by atoms with E-state index in [1.54, 1.807) is 26.1 Å². The van der Waals surface area contributed by atoms with Crippen molar-refractivity contribution in [3.63, 3.8) is 0 Å². The first-order chi connectivity index (χ1) is 9.99. The number of nitrogens with zero attached hydrogens (tertiary/aromatic N) is 2. The largest absolute Gasteiger partial charge is 0.373 e. The Labute approximate surface area is 123 Å². The standard InChI is InChI=1S/C16H19F2N3/c1-5-6-12-20-15(10(3)16(19-4)21-12)11-8-7-9(2)13(17)14(11)18/h7-8H,5-6H2,1-4H3,(H,19,20,21). The Bertz CT molecular complexity index is 669. The van der Waals surface area contributed by atoms with Crippen molar-refractivity contribution in [1.29, 1.82) is 0 Å². The second-order valence-corrected chi connectivity index (χ2v) is 5.02. The second-order valence-electron chi connectivity index (χ2n) is 5.02. The van der Waals surface area contributed by atoms with Crippen LogP contribution in [0.5, 0.6) is 0 Å². The molecule has 2 aromatic rings. The zero-order valence-electron chi connectivity index (χ0n) is 12.7. The Morgan fingerprint density at radius 3 is 2.43 bits per heavy atom. The summed E-state index contributed by atoms with van der Waals surface area (Å²) >= 11 is 0. The fraction of sp³-hybridized carbons (Fsp3) is 0.375. The normalized spacial score (nSPS) is 10.8. The van der Waals surface area contributed by atoms with Crippen molar-refractivity contribution in [2.24, 2.45) is 0 Å². The zero-order chi connectivity index (χ0) is 15.6. The molecule has 0 aliphatic carbocycles. The molecule has 1 aromatic heterocycles. The van der Waals surface area contributed by atoms with Gasteiger partial charge in [0.2, 0.25) is 0 Å². The van der Waals surface area contributed by atoms with Crippen molar-refractivity contribution in [3.05, 3.63) is 40.7 Å². The van der Waals surface area contributed by atoms with E-state index in [4.69, 9.17) is 0 Å². The van der Waals surface area contributed by atoms with Crippen molar-refractivity contribution in [3.8, 4) is 11.3 Å². The molecule has 2 rings (SSSR count). The molecule has 0 aliphatic rings. The van der Waals surface area contributed by atoms with Crippen LogP contribution in [0.4, 0.5) is 14.6 Å². The molecule has 1 N–H and O–H groups in total. The quantitative estimate of drug-likeness (QED) is 0.924. The predicted molar refractivity (Wildman–Crippen MR) is 80.4 cm³/mol. The minimum atomic E-state index is -0.860. The van der Waals surface area contributed by atoms with Gasteiger partial charge in [-0.1, -0.05) is 13.0 Å². The van der Waals surface area contributed by atoms with E-state index in [-0.39, 0.29) is 11.1 Å². The topological polar surface area (TPSA) is 37.8 Å². The number of anilines is 1. The molecule has 112 valence electrons. The predicted octanol–water partition coefficient (Wildman–Crippen LogP) is 4.03. The van der Waals surface area contributed by atoms with Gasteiger partial charge in [0, 0.05) is 24.6 Å². The summed E-state index contributed by atoms with van der Waals surface area (Å²) in [4.78, 5) is 8.81. The van der Waals surface area contributed by atoms with Gasteiger partial charge in [0.25, 0.3) is 0 Å². The van der Waals surface area contributed by atoms with Crippen LogP contribution in [0.25, 0.3) is 11.3 Å². The van der Waals surface area contributed by atoms with Gasteiger partial charge in [-0.05, 0) is 31.9 Å². The lowest BCUT2D eigenvalue weighted by Crippen LogP contribution is -2.06. The molecule has 0 aliphatic heterocycles. The summed E-state index contributed by atoms with van der Waals surface area (Å²) in [5.41, 5.74) is 1.60. The van der Waals surface area contributed by atoms with Gasteiger partial charge in [-0.2, -0.15) is 0 Å². The van der Waals surface area contributed by atoms with Crippen LogP contribution in [0, 0.1) is 25.5 Å². The summed E-state index contributed by atoms with van der Waals surface area (Å²) in [7, 11) is 1.75. The van der Waals surface area contributed by atoms with E-state index in [1.165, 1.54) is 6.92 Å². The van der Waals surface area contributed by atoms with E-state index in [2.05, 4.69) is 15.3 Å². The number of nitrogens with one attached hydrogen (secondary N) is 1. The maximum Gasteiger partial charge on any atom is 0.168 e. The number of rotatable bonds is 4. The van der Waals surface area contributed by atoms with Crippen LogP contribution in [0.3, 0.4) is 0 Å². The molecule has 1 aromatic carbocycles. The summed E-state index contributed by atoms with van der Waals surface area (Å²) in [5.74, 6) is -0.415. The smallest absolute Gasteiger partial charge is 0.168 e. The molecule has 0 fully saturated rings. The highest BCUT2D eigenvalue weighted by atomic mass is 19.2. The fourth-order valence-corrected chi connectivity index (χ4v) is 2.23. The first kappa shape index (κ1) is 15.4. The van der Waals surface area contributed by atoms with Gasteiger partial charge in [0.05, 0.1) is 5.69 Å². The van der Waals surface area contributed by atoms with Gasteiger partial charge in [-0.15, -0.1) is 0 Å². The first-order valence-electron chi connectivity index (χ1n) is 6.99. The molecule has 21 heavy (non-hydrogen) atoms. The molecule has 0 saturated heterocycles. The van der Waals surface area contributed by atoms with Gasteiger partial charge < -0.3 is 5.32 Å². The second kappa shape index (κ2) is 6.16.